The van der Waals surface area contributed by atoms with Crippen molar-refractivity contribution in [3.8, 4) is 0 Å². The summed E-state index contributed by atoms with van der Waals surface area (Å²) in [6.45, 7) is 0. The first-order valence-electron chi connectivity index (χ1n) is 6.09. The second-order valence-corrected chi connectivity index (χ2v) is 5.50. The summed E-state index contributed by atoms with van der Waals surface area (Å²) in [4.78, 5) is 4.29. The number of pyridine rings is 1. The van der Waals surface area contributed by atoms with Gasteiger partial charge in [0.25, 0.3) is 0 Å². The van der Waals surface area contributed by atoms with E-state index in [-0.39, 0.29) is 15.4 Å². The zero-order valence-electron chi connectivity index (χ0n) is 10.1. The van der Waals surface area contributed by atoms with Crippen molar-refractivity contribution in [2.24, 2.45) is 5.84 Å². The van der Waals surface area contributed by atoms with Gasteiger partial charge in [-0.05, 0) is 53.2 Å². The van der Waals surface area contributed by atoms with E-state index in [4.69, 9.17) is 5.84 Å². The van der Waals surface area contributed by atoms with Gasteiger partial charge in [-0.25, -0.2) is 13.8 Å². The van der Waals surface area contributed by atoms with Crippen molar-refractivity contribution in [1.82, 2.24) is 4.98 Å². The SMILES string of the molecule is NNc1c2c(nc3c(F)cc(Br)c(F)c13)CCCC2. The standard InChI is InChI=1S/C13H12BrF2N3/c14-7-5-8(15)13-10(11(7)16)12(19-17)6-3-1-2-4-9(6)18-13/h5H,1-4,17H2,(H,18,19). The summed E-state index contributed by atoms with van der Waals surface area (Å²) >= 11 is 3.02. The van der Waals surface area contributed by atoms with E-state index in [0.29, 0.717) is 5.69 Å². The van der Waals surface area contributed by atoms with E-state index >= 15 is 0 Å². The van der Waals surface area contributed by atoms with E-state index in [9.17, 15) is 8.78 Å². The first-order chi connectivity index (χ1) is 9.13. The largest absolute Gasteiger partial charge is 0.323 e. The van der Waals surface area contributed by atoms with Crippen LogP contribution in [0.15, 0.2) is 10.5 Å². The number of aryl methyl sites for hydroxylation is 1. The molecule has 1 aromatic carbocycles. The van der Waals surface area contributed by atoms with Gasteiger partial charge >= 0.3 is 0 Å². The van der Waals surface area contributed by atoms with Gasteiger partial charge in [0.1, 0.15) is 11.3 Å². The molecule has 1 aliphatic rings. The van der Waals surface area contributed by atoms with Crippen LogP contribution in [0.4, 0.5) is 14.5 Å². The summed E-state index contributed by atoms with van der Waals surface area (Å²) in [6.07, 6.45) is 3.57. The molecule has 0 spiro atoms. The van der Waals surface area contributed by atoms with E-state index in [2.05, 4.69) is 26.3 Å². The minimum atomic E-state index is -0.548. The number of anilines is 1. The third-order valence-corrected chi connectivity index (χ3v) is 4.10. The summed E-state index contributed by atoms with van der Waals surface area (Å²) in [5, 5.41) is 0.120. The number of aromatic nitrogens is 1. The summed E-state index contributed by atoms with van der Waals surface area (Å²) < 4.78 is 28.3. The minimum absolute atomic E-state index is 0.0364. The van der Waals surface area contributed by atoms with Crippen molar-refractivity contribution in [2.75, 3.05) is 5.43 Å². The van der Waals surface area contributed by atoms with Crippen molar-refractivity contribution < 1.29 is 8.78 Å². The van der Waals surface area contributed by atoms with Gasteiger partial charge in [-0.15, -0.1) is 0 Å². The molecule has 0 bridgehead atoms. The third kappa shape index (κ3) is 1.90. The average Bonchev–Trinajstić information content (AvgIpc) is 2.42. The maximum absolute atomic E-state index is 14.2. The normalized spacial score (nSPS) is 14.5. The molecule has 2 aromatic rings. The van der Waals surface area contributed by atoms with E-state index in [1.54, 1.807) is 0 Å². The van der Waals surface area contributed by atoms with Crippen molar-refractivity contribution >= 4 is 32.5 Å². The fraction of sp³-hybridized carbons (Fsp3) is 0.308. The molecule has 0 atom stereocenters. The summed E-state index contributed by atoms with van der Waals surface area (Å²) in [5.74, 6) is 4.44. The van der Waals surface area contributed by atoms with Crippen LogP contribution in [0.2, 0.25) is 0 Å². The molecule has 19 heavy (non-hydrogen) atoms. The molecular formula is C13H12BrF2N3. The summed E-state index contributed by atoms with van der Waals surface area (Å²) in [5.41, 5.74) is 4.73. The molecule has 0 amide bonds. The lowest BCUT2D eigenvalue weighted by Gasteiger charge is -2.20. The highest BCUT2D eigenvalue weighted by atomic mass is 79.9. The lowest BCUT2D eigenvalue weighted by Crippen LogP contribution is -2.16. The van der Waals surface area contributed by atoms with Gasteiger partial charge in [0.05, 0.1) is 15.5 Å². The lowest BCUT2D eigenvalue weighted by atomic mass is 9.92. The van der Waals surface area contributed by atoms with Crippen LogP contribution < -0.4 is 11.3 Å². The Morgan fingerprint density at radius 2 is 2.00 bits per heavy atom. The molecule has 1 aliphatic carbocycles. The van der Waals surface area contributed by atoms with Crippen molar-refractivity contribution in [1.29, 1.82) is 0 Å². The Kier molecular flexibility index (Phi) is 3.14. The van der Waals surface area contributed by atoms with Crippen LogP contribution in [0.3, 0.4) is 0 Å². The molecule has 0 saturated heterocycles. The van der Waals surface area contributed by atoms with Crippen LogP contribution in [-0.2, 0) is 12.8 Å². The molecule has 0 unspecified atom stereocenters. The van der Waals surface area contributed by atoms with Crippen LogP contribution in [0, 0.1) is 11.6 Å². The molecule has 3 N–H and O–H groups in total. The van der Waals surface area contributed by atoms with E-state index < -0.39 is 11.6 Å². The number of hydrogen-bond acceptors (Lipinski definition) is 3. The van der Waals surface area contributed by atoms with Crippen molar-refractivity contribution in [2.45, 2.75) is 25.7 Å². The molecular weight excluding hydrogens is 316 g/mol. The fourth-order valence-corrected chi connectivity index (χ4v) is 3.05. The van der Waals surface area contributed by atoms with Gasteiger partial charge in [-0.2, -0.15) is 0 Å². The number of nitrogens with one attached hydrogen (secondary N) is 1. The van der Waals surface area contributed by atoms with E-state index in [1.807, 2.05) is 0 Å². The molecule has 0 radical (unpaired) electrons. The lowest BCUT2D eigenvalue weighted by molar-refractivity contribution is 0.606. The Balaban J connectivity index is 2.47. The molecule has 1 aromatic heterocycles. The predicted molar refractivity (Wildman–Crippen MR) is 73.8 cm³/mol. The average molecular weight is 328 g/mol. The number of nitrogens with zero attached hydrogens (tertiary/aromatic N) is 1. The second kappa shape index (κ2) is 4.68. The molecule has 1 heterocycles. The quantitative estimate of drug-likeness (QED) is 0.479. The predicted octanol–water partition coefficient (Wildman–Crippen LogP) is 3.44. The highest BCUT2D eigenvalue weighted by Crippen LogP contribution is 2.37. The fourth-order valence-electron chi connectivity index (χ4n) is 2.65. The number of hydrogen-bond donors (Lipinski definition) is 2. The number of halogens is 3. The summed E-state index contributed by atoms with van der Waals surface area (Å²) in [6, 6.07) is 1.10. The molecule has 100 valence electrons. The Labute approximate surface area is 117 Å². The van der Waals surface area contributed by atoms with Crippen LogP contribution in [-0.4, -0.2) is 4.98 Å². The highest BCUT2D eigenvalue weighted by Gasteiger charge is 2.22. The molecule has 3 nitrogen and oxygen atoms in total. The summed E-state index contributed by atoms with van der Waals surface area (Å²) in [7, 11) is 0. The van der Waals surface area contributed by atoms with E-state index in [1.165, 1.54) is 0 Å². The van der Waals surface area contributed by atoms with Crippen molar-refractivity contribution in [3.05, 3.63) is 33.4 Å². The topological polar surface area (TPSA) is 50.9 Å². The monoisotopic (exact) mass is 327 g/mol. The number of hydrazine groups is 1. The first kappa shape index (κ1) is 12.7. The van der Waals surface area contributed by atoms with Crippen LogP contribution >= 0.6 is 15.9 Å². The zero-order valence-corrected chi connectivity index (χ0v) is 11.7. The molecule has 3 rings (SSSR count). The Morgan fingerprint density at radius 3 is 2.74 bits per heavy atom. The van der Waals surface area contributed by atoms with Gasteiger partial charge in [0.2, 0.25) is 0 Å². The van der Waals surface area contributed by atoms with Gasteiger partial charge in [0.15, 0.2) is 5.82 Å². The van der Waals surface area contributed by atoms with Crippen LogP contribution in [0.5, 0.6) is 0 Å². The maximum atomic E-state index is 14.2. The Morgan fingerprint density at radius 1 is 1.26 bits per heavy atom. The molecule has 0 aliphatic heterocycles. The van der Waals surface area contributed by atoms with Gasteiger partial charge < -0.3 is 5.43 Å². The van der Waals surface area contributed by atoms with Crippen LogP contribution in [0.1, 0.15) is 24.1 Å². The molecule has 0 fully saturated rings. The number of nitrogen functional groups attached to an aromatic ring is 1. The molecule has 0 saturated carbocycles. The Hall–Kier alpha value is -1.27. The van der Waals surface area contributed by atoms with Crippen LogP contribution in [0.25, 0.3) is 10.9 Å². The second-order valence-electron chi connectivity index (χ2n) is 4.64. The van der Waals surface area contributed by atoms with Gasteiger partial charge in [0, 0.05) is 5.69 Å². The highest BCUT2D eigenvalue weighted by molar-refractivity contribution is 9.10. The van der Waals surface area contributed by atoms with Gasteiger partial charge in [-0.3, -0.25) is 5.84 Å². The number of nitrogens with two attached hydrogens (primary N) is 1. The Bertz CT molecular complexity index is 673. The smallest absolute Gasteiger partial charge is 0.150 e. The number of benzene rings is 1. The molecule has 6 heteroatoms. The zero-order chi connectivity index (χ0) is 13.6. The van der Waals surface area contributed by atoms with E-state index in [0.717, 1.165) is 43.0 Å². The third-order valence-electron chi connectivity index (χ3n) is 3.53. The first-order valence-corrected chi connectivity index (χ1v) is 6.88. The number of rotatable bonds is 1. The number of fused-ring (bicyclic) bond motifs is 2. The minimum Gasteiger partial charge on any atom is -0.323 e. The van der Waals surface area contributed by atoms with Gasteiger partial charge in [-0.1, -0.05) is 0 Å². The maximum Gasteiger partial charge on any atom is 0.150 e. The van der Waals surface area contributed by atoms with Crippen molar-refractivity contribution in [3.63, 3.8) is 0 Å².